The van der Waals surface area contributed by atoms with Gasteiger partial charge in [-0.15, -0.1) is 0 Å². The van der Waals surface area contributed by atoms with Crippen LogP contribution >= 0.6 is 0 Å². The Hall–Kier alpha value is -1.92. The highest BCUT2D eigenvalue weighted by Crippen LogP contribution is 2.08. The molecule has 0 saturated carbocycles. The fraction of sp³-hybridized carbons (Fsp3) is 0.200. The van der Waals surface area contributed by atoms with Crippen molar-refractivity contribution in [3.05, 3.63) is 36.1 Å². The lowest BCUT2D eigenvalue weighted by Gasteiger charge is -2.05. The minimum atomic E-state index is -0.591. The van der Waals surface area contributed by atoms with E-state index in [-0.39, 0.29) is 6.04 Å². The monoisotopic (exact) mass is 222 g/mol. The van der Waals surface area contributed by atoms with Crippen LogP contribution in [0.15, 0.2) is 41.1 Å². The molecule has 0 saturated heterocycles. The Morgan fingerprint density at radius 3 is 3.19 bits per heavy atom. The van der Waals surface area contributed by atoms with Crippen molar-refractivity contribution < 1.29 is 9.63 Å². The lowest BCUT2D eigenvalue weighted by Crippen LogP contribution is -2.30. The molecule has 1 rings (SSSR count). The Morgan fingerprint density at radius 1 is 1.69 bits per heavy atom. The summed E-state index contributed by atoms with van der Waals surface area (Å²) in [6.45, 7) is 0. The van der Waals surface area contributed by atoms with E-state index in [0.717, 1.165) is 5.57 Å². The van der Waals surface area contributed by atoms with Crippen molar-refractivity contribution in [2.24, 2.45) is 10.9 Å². The molecule has 0 spiro atoms. The molecule has 1 aliphatic heterocycles. The number of allylic oxidation sites excluding steroid dienone is 1. The quantitative estimate of drug-likeness (QED) is 0.341. The Morgan fingerprint density at radius 2 is 2.50 bits per heavy atom. The topological polar surface area (TPSA) is 88.7 Å². The molecular formula is C10H14N4O2. The number of carbonyl (C=O) groups excluding carboxylic acids is 1. The molecule has 1 heterocycles. The van der Waals surface area contributed by atoms with Gasteiger partial charge in [-0.3, -0.25) is 4.99 Å². The molecule has 4 N–H and O–H groups in total. The van der Waals surface area contributed by atoms with Crippen LogP contribution in [0.4, 0.5) is 0 Å². The molecule has 0 aromatic carbocycles. The zero-order valence-corrected chi connectivity index (χ0v) is 8.88. The molecule has 0 amide bonds. The van der Waals surface area contributed by atoms with Gasteiger partial charge in [0.05, 0.1) is 6.04 Å². The van der Waals surface area contributed by atoms with Crippen molar-refractivity contribution in [2.45, 2.75) is 6.04 Å². The standard InChI is InChI=1S/C10H14N4O2/c1-12-6-2-3-8-7-13-14-9(8)4-5-10(15)16-11/h2-7,9,13-14H,11H2,1H3/b3-2-,5-4+,12-6-. The van der Waals surface area contributed by atoms with Gasteiger partial charge in [0.15, 0.2) is 0 Å². The van der Waals surface area contributed by atoms with Gasteiger partial charge in [0.1, 0.15) is 0 Å². The van der Waals surface area contributed by atoms with Crippen molar-refractivity contribution >= 4 is 12.2 Å². The summed E-state index contributed by atoms with van der Waals surface area (Å²) in [5, 5.41) is 0. The van der Waals surface area contributed by atoms with E-state index in [1.807, 2.05) is 12.2 Å². The zero-order chi connectivity index (χ0) is 11.8. The number of rotatable bonds is 4. The van der Waals surface area contributed by atoms with E-state index in [2.05, 4.69) is 20.7 Å². The third-order valence-corrected chi connectivity index (χ3v) is 1.90. The Balaban J connectivity index is 2.58. The predicted molar refractivity (Wildman–Crippen MR) is 61.1 cm³/mol. The van der Waals surface area contributed by atoms with Gasteiger partial charge < -0.3 is 10.3 Å². The highest BCUT2D eigenvalue weighted by Gasteiger charge is 2.13. The Labute approximate surface area is 93.5 Å². The summed E-state index contributed by atoms with van der Waals surface area (Å²) in [5.41, 5.74) is 6.76. The lowest BCUT2D eigenvalue weighted by atomic mass is 10.1. The van der Waals surface area contributed by atoms with Crippen LogP contribution in [0, 0.1) is 0 Å². The van der Waals surface area contributed by atoms with Gasteiger partial charge >= 0.3 is 5.97 Å². The number of nitrogens with two attached hydrogens (primary N) is 1. The average Bonchev–Trinajstić information content (AvgIpc) is 2.74. The van der Waals surface area contributed by atoms with Crippen LogP contribution in [0.2, 0.25) is 0 Å². The summed E-state index contributed by atoms with van der Waals surface area (Å²) in [4.78, 5) is 18.6. The van der Waals surface area contributed by atoms with Crippen LogP contribution in [0.1, 0.15) is 0 Å². The van der Waals surface area contributed by atoms with Crippen LogP contribution < -0.4 is 16.7 Å². The first-order chi connectivity index (χ1) is 7.77. The van der Waals surface area contributed by atoms with Gasteiger partial charge in [0, 0.05) is 25.5 Å². The summed E-state index contributed by atoms with van der Waals surface area (Å²) in [7, 11) is 1.69. The fourth-order valence-electron chi connectivity index (χ4n) is 1.15. The molecule has 0 aromatic heterocycles. The van der Waals surface area contributed by atoms with Crippen LogP contribution in [0.5, 0.6) is 0 Å². The maximum Gasteiger partial charge on any atom is 0.348 e. The molecule has 6 heteroatoms. The second-order valence-electron chi connectivity index (χ2n) is 2.97. The summed E-state index contributed by atoms with van der Waals surface area (Å²) in [5.74, 6) is 4.12. The Bertz CT molecular complexity index is 358. The first-order valence-corrected chi connectivity index (χ1v) is 4.66. The normalized spacial score (nSPS) is 20.6. The fourth-order valence-corrected chi connectivity index (χ4v) is 1.15. The van der Waals surface area contributed by atoms with Gasteiger partial charge in [-0.1, -0.05) is 12.2 Å². The number of nitrogens with one attached hydrogen (secondary N) is 2. The Kier molecular flexibility index (Phi) is 4.97. The third-order valence-electron chi connectivity index (χ3n) is 1.90. The number of hydrazine groups is 1. The number of carbonyl (C=O) groups is 1. The molecular weight excluding hydrogens is 208 g/mol. The summed E-state index contributed by atoms with van der Waals surface area (Å²) in [6, 6.07) is -0.0967. The molecule has 1 unspecified atom stereocenters. The highest BCUT2D eigenvalue weighted by atomic mass is 16.7. The molecule has 1 atom stereocenters. The zero-order valence-electron chi connectivity index (χ0n) is 8.88. The molecule has 0 radical (unpaired) electrons. The molecule has 6 nitrogen and oxygen atoms in total. The van der Waals surface area contributed by atoms with E-state index in [0.29, 0.717) is 0 Å². The number of hydrogen-bond acceptors (Lipinski definition) is 6. The highest BCUT2D eigenvalue weighted by molar-refractivity contribution is 5.81. The van der Waals surface area contributed by atoms with Crippen molar-refractivity contribution in [3.63, 3.8) is 0 Å². The molecule has 1 aliphatic rings. The van der Waals surface area contributed by atoms with E-state index < -0.39 is 5.97 Å². The average molecular weight is 222 g/mol. The maximum atomic E-state index is 10.8. The van der Waals surface area contributed by atoms with Crippen LogP contribution in [-0.4, -0.2) is 25.3 Å². The van der Waals surface area contributed by atoms with Crippen molar-refractivity contribution in [3.8, 4) is 0 Å². The van der Waals surface area contributed by atoms with E-state index in [1.54, 1.807) is 25.5 Å². The van der Waals surface area contributed by atoms with E-state index in [1.165, 1.54) is 6.08 Å². The van der Waals surface area contributed by atoms with E-state index >= 15 is 0 Å². The van der Waals surface area contributed by atoms with Gasteiger partial charge in [0.2, 0.25) is 0 Å². The van der Waals surface area contributed by atoms with Crippen LogP contribution in [0.25, 0.3) is 0 Å². The molecule has 0 bridgehead atoms. The SMILES string of the molecule is C/N=C\C=C/C1=CNNC1/C=C/C(=O)ON. The predicted octanol–water partition coefficient (Wildman–Crippen LogP) is -0.423. The third kappa shape index (κ3) is 3.68. The molecule has 0 fully saturated rings. The minimum absolute atomic E-state index is 0.0967. The number of hydrogen-bond donors (Lipinski definition) is 3. The second kappa shape index (κ2) is 6.54. The number of aliphatic imine (C=N–C) groups is 1. The molecule has 0 aromatic rings. The maximum absolute atomic E-state index is 10.8. The van der Waals surface area contributed by atoms with Gasteiger partial charge in [-0.25, -0.2) is 10.2 Å². The van der Waals surface area contributed by atoms with Crippen LogP contribution in [0.3, 0.4) is 0 Å². The largest absolute Gasteiger partial charge is 0.370 e. The van der Waals surface area contributed by atoms with Gasteiger partial charge in [0.25, 0.3) is 0 Å². The molecule has 16 heavy (non-hydrogen) atoms. The second-order valence-corrected chi connectivity index (χ2v) is 2.97. The summed E-state index contributed by atoms with van der Waals surface area (Å²) in [6.07, 6.45) is 10.1. The molecule has 86 valence electrons. The number of nitrogens with zero attached hydrogens (tertiary/aromatic N) is 1. The van der Waals surface area contributed by atoms with Crippen molar-refractivity contribution in [1.29, 1.82) is 0 Å². The first-order valence-electron chi connectivity index (χ1n) is 4.66. The smallest absolute Gasteiger partial charge is 0.348 e. The summed E-state index contributed by atoms with van der Waals surface area (Å²) < 4.78 is 0. The van der Waals surface area contributed by atoms with Crippen LogP contribution in [-0.2, 0) is 9.63 Å². The van der Waals surface area contributed by atoms with Gasteiger partial charge in [-0.05, 0) is 11.6 Å². The van der Waals surface area contributed by atoms with E-state index in [9.17, 15) is 4.79 Å². The van der Waals surface area contributed by atoms with E-state index in [4.69, 9.17) is 5.90 Å². The van der Waals surface area contributed by atoms with Crippen molar-refractivity contribution in [2.75, 3.05) is 7.05 Å². The molecule has 0 aliphatic carbocycles. The summed E-state index contributed by atoms with van der Waals surface area (Å²) >= 11 is 0. The minimum Gasteiger partial charge on any atom is -0.370 e. The lowest BCUT2D eigenvalue weighted by molar-refractivity contribution is -0.138. The van der Waals surface area contributed by atoms with Crippen molar-refractivity contribution in [1.82, 2.24) is 10.9 Å². The first kappa shape index (κ1) is 12.2. The van der Waals surface area contributed by atoms with Gasteiger partial charge in [-0.2, -0.15) is 5.90 Å².